The van der Waals surface area contributed by atoms with Crippen LogP contribution in [-0.4, -0.2) is 23.3 Å². The Bertz CT molecular complexity index is 321. The van der Waals surface area contributed by atoms with Gasteiger partial charge >= 0.3 is 5.97 Å². The molecule has 3 unspecified atom stereocenters. The summed E-state index contributed by atoms with van der Waals surface area (Å²) < 4.78 is 11.8. The molecule has 0 aromatic carbocycles. The van der Waals surface area contributed by atoms with Gasteiger partial charge in [0.15, 0.2) is 0 Å². The highest BCUT2D eigenvalue weighted by molar-refractivity contribution is 5.71. The first-order valence-electron chi connectivity index (χ1n) is 6.65. The largest absolute Gasteiger partial charge is 0.459 e. The Hall–Kier alpha value is -0.570. The Balaban J connectivity index is 2.10. The second-order valence-electron chi connectivity index (χ2n) is 6.57. The lowest BCUT2D eigenvalue weighted by atomic mass is 9.67. The normalized spacial score (nSPS) is 39.4. The van der Waals surface area contributed by atoms with Crippen LogP contribution in [0.1, 0.15) is 53.9 Å². The fraction of sp³-hybridized carbons (Fsp3) is 0.929. The van der Waals surface area contributed by atoms with Gasteiger partial charge in [-0.3, -0.25) is 4.79 Å². The third-order valence-electron chi connectivity index (χ3n) is 4.38. The standard InChI is InChI=1S/C14H24O3/c1-9(2)12(15)16-11-8-10-6-7-14(11,5)17-13(10,3)4/h9-11H,6-8H2,1-5H3. The summed E-state index contributed by atoms with van der Waals surface area (Å²) in [6, 6.07) is 0. The minimum atomic E-state index is -0.289. The number of ether oxygens (including phenoxy) is 2. The average Bonchev–Trinajstić information content (AvgIpc) is 2.18. The molecule has 1 saturated carbocycles. The lowest BCUT2D eigenvalue weighted by Gasteiger charge is -2.57. The summed E-state index contributed by atoms with van der Waals surface area (Å²) in [6.07, 6.45) is 3.06. The summed E-state index contributed by atoms with van der Waals surface area (Å²) in [7, 11) is 0. The van der Waals surface area contributed by atoms with Gasteiger partial charge in [-0.25, -0.2) is 0 Å². The Kier molecular flexibility index (Phi) is 3.01. The van der Waals surface area contributed by atoms with Crippen LogP contribution in [0.5, 0.6) is 0 Å². The predicted molar refractivity (Wildman–Crippen MR) is 65.6 cm³/mol. The van der Waals surface area contributed by atoms with E-state index in [0.717, 1.165) is 12.8 Å². The summed E-state index contributed by atoms with van der Waals surface area (Å²) in [5.74, 6) is 0.339. The third kappa shape index (κ3) is 2.22. The minimum Gasteiger partial charge on any atom is -0.459 e. The van der Waals surface area contributed by atoms with Crippen molar-refractivity contribution in [2.75, 3.05) is 0 Å². The molecule has 98 valence electrons. The molecule has 2 saturated heterocycles. The van der Waals surface area contributed by atoms with E-state index in [1.165, 1.54) is 6.42 Å². The van der Waals surface area contributed by atoms with E-state index in [-0.39, 0.29) is 29.2 Å². The van der Waals surface area contributed by atoms with Crippen molar-refractivity contribution in [3.05, 3.63) is 0 Å². The maximum atomic E-state index is 11.7. The van der Waals surface area contributed by atoms with Gasteiger partial charge in [-0.05, 0) is 46.0 Å². The van der Waals surface area contributed by atoms with Crippen molar-refractivity contribution in [3.63, 3.8) is 0 Å². The van der Waals surface area contributed by atoms with E-state index in [1.807, 2.05) is 13.8 Å². The van der Waals surface area contributed by atoms with E-state index in [1.54, 1.807) is 0 Å². The summed E-state index contributed by atoms with van der Waals surface area (Å²) >= 11 is 0. The lowest BCUT2D eigenvalue weighted by molar-refractivity contribution is -0.278. The smallest absolute Gasteiger partial charge is 0.308 e. The molecule has 3 atom stereocenters. The Morgan fingerprint density at radius 3 is 2.47 bits per heavy atom. The number of rotatable bonds is 2. The van der Waals surface area contributed by atoms with Crippen molar-refractivity contribution in [2.45, 2.75) is 71.2 Å². The van der Waals surface area contributed by atoms with E-state index in [2.05, 4.69) is 20.8 Å². The van der Waals surface area contributed by atoms with Crippen LogP contribution < -0.4 is 0 Å². The topological polar surface area (TPSA) is 35.5 Å². The minimum absolute atomic E-state index is 0.0629. The number of carbonyl (C=O) groups is 1. The number of carbonyl (C=O) groups excluding carboxylic acids is 1. The number of hydrogen-bond donors (Lipinski definition) is 0. The quantitative estimate of drug-likeness (QED) is 0.696. The molecule has 2 aliphatic heterocycles. The highest BCUT2D eigenvalue weighted by atomic mass is 16.6. The summed E-state index contributed by atoms with van der Waals surface area (Å²) in [4.78, 5) is 11.7. The van der Waals surface area contributed by atoms with E-state index < -0.39 is 0 Å². The molecule has 3 heteroatoms. The van der Waals surface area contributed by atoms with Gasteiger partial charge in [-0.1, -0.05) is 13.8 Å². The first kappa shape index (κ1) is 12.9. The highest BCUT2D eigenvalue weighted by Gasteiger charge is 2.55. The molecule has 2 heterocycles. The molecule has 2 bridgehead atoms. The van der Waals surface area contributed by atoms with Crippen LogP contribution in [0.3, 0.4) is 0 Å². The second-order valence-corrected chi connectivity index (χ2v) is 6.57. The Morgan fingerprint density at radius 1 is 1.35 bits per heavy atom. The lowest BCUT2D eigenvalue weighted by Crippen LogP contribution is -2.62. The molecule has 0 N–H and O–H groups in total. The molecule has 0 spiro atoms. The fourth-order valence-electron chi connectivity index (χ4n) is 3.13. The number of hydrogen-bond acceptors (Lipinski definition) is 3. The maximum Gasteiger partial charge on any atom is 0.308 e. The van der Waals surface area contributed by atoms with Crippen molar-refractivity contribution in [1.82, 2.24) is 0 Å². The third-order valence-corrected chi connectivity index (χ3v) is 4.38. The van der Waals surface area contributed by atoms with Gasteiger partial charge in [0.25, 0.3) is 0 Å². The average molecular weight is 240 g/mol. The molecule has 0 amide bonds. The molecule has 0 aromatic rings. The van der Waals surface area contributed by atoms with E-state index >= 15 is 0 Å². The SMILES string of the molecule is CC(C)C(=O)OC1CC2CCC1(C)OC2(C)C. The van der Waals surface area contributed by atoms with Crippen molar-refractivity contribution >= 4 is 5.97 Å². The van der Waals surface area contributed by atoms with Gasteiger partial charge in [0, 0.05) is 0 Å². The van der Waals surface area contributed by atoms with E-state index in [0.29, 0.717) is 5.92 Å². The second kappa shape index (κ2) is 3.98. The van der Waals surface area contributed by atoms with Gasteiger partial charge in [0.2, 0.25) is 0 Å². The zero-order valence-electron chi connectivity index (χ0n) is 11.6. The van der Waals surface area contributed by atoms with Crippen LogP contribution in [0.2, 0.25) is 0 Å². The zero-order chi connectivity index (χ0) is 12.8. The molecule has 3 rings (SSSR count). The highest BCUT2D eigenvalue weighted by Crippen LogP contribution is 2.50. The fourth-order valence-corrected chi connectivity index (χ4v) is 3.13. The summed E-state index contributed by atoms with van der Waals surface area (Å²) in [5.41, 5.74) is -0.365. The molecule has 0 aromatic heterocycles. The molecular weight excluding hydrogens is 216 g/mol. The van der Waals surface area contributed by atoms with Crippen LogP contribution in [0.15, 0.2) is 0 Å². The molecule has 3 fully saturated rings. The van der Waals surface area contributed by atoms with E-state index in [4.69, 9.17) is 9.47 Å². The van der Waals surface area contributed by atoms with Crippen LogP contribution in [0, 0.1) is 11.8 Å². The van der Waals surface area contributed by atoms with Crippen molar-refractivity contribution in [3.8, 4) is 0 Å². The number of fused-ring (bicyclic) bond motifs is 3. The summed E-state index contributed by atoms with van der Waals surface area (Å²) in [6.45, 7) is 10.1. The number of esters is 1. The van der Waals surface area contributed by atoms with Gasteiger partial charge in [0.1, 0.15) is 11.7 Å². The summed E-state index contributed by atoms with van der Waals surface area (Å²) in [5, 5.41) is 0. The molecule has 17 heavy (non-hydrogen) atoms. The Labute approximate surface area is 104 Å². The van der Waals surface area contributed by atoms with Crippen molar-refractivity contribution < 1.29 is 14.3 Å². The van der Waals surface area contributed by atoms with Crippen LogP contribution >= 0.6 is 0 Å². The Morgan fingerprint density at radius 2 is 2.00 bits per heavy atom. The van der Waals surface area contributed by atoms with Crippen LogP contribution in [0.25, 0.3) is 0 Å². The van der Waals surface area contributed by atoms with E-state index in [9.17, 15) is 4.79 Å². The maximum absolute atomic E-state index is 11.7. The van der Waals surface area contributed by atoms with Crippen LogP contribution in [0.4, 0.5) is 0 Å². The molecule has 1 aliphatic carbocycles. The van der Waals surface area contributed by atoms with Crippen LogP contribution in [-0.2, 0) is 14.3 Å². The first-order chi connectivity index (χ1) is 7.74. The molecule has 0 radical (unpaired) electrons. The van der Waals surface area contributed by atoms with Gasteiger partial charge in [-0.15, -0.1) is 0 Å². The first-order valence-corrected chi connectivity index (χ1v) is 6.65. The van der Waals surface area contributed by atoms with Gasteiger partial charge < -0.3 is 9.47 Å². The molecule has 3 aliphatic rings. The molecule has 3 nitrogen and oxygen atoms in total. The van der Waals surface area contributed by atoms with Crippen molar-refractivity contribution in [2.24, 2.45) is 11.8 Å². The van der Waals surface area contributed by atoms with Gasteiger partial charge in [-0.2, -0.15) is 0 Å². The zero-order valence-corrected chi connectivity index (χ0v) is 11.6. The van der Waals surface area contributed by atoms with Crippen molar-refractivity contribution in [1.29, 1.82) is 0 Å². The monoisotopic (exact) mass is 240 g/mol. The van der Waals surface area contributed by atoms with Gasteiger partial charge in [0.05, 0.1) is 11.5 Å². The predicted octanol–water partition coefficient (Wildman–Crippen LogP) is 2.92. The molecular formula is C14H24O3.